The minimum atomic E-state index is -4.17. The molecule has 106 valence electrons. The summed E-state index contributed by atoms with van der Waals surface area (Å²) in [5, 5.41) is 0. The van der Waals surface area contributed by atoms with E-state index in [-0.39, 0.29) is 10.8 Å². The van der Waals surface area contributed by atoms with E-state index in [9.17, 15) is 13.0 Å². The summed E-state index contributed by atoms with van der Waals surface area (Å²) >= 11 is 0. The zero-order chi connectivity index (χ0) is 14.8. The first-order valence-corrected chi connectivity index (χ1v) is 8.00. The van der Waals surface area contributed by atoms with E-state index in [2.05, 4.69) is 6.92 Å². The lowest BCUT2D eigenvalue weighted by Gasteiger charge is -2.19. The van der Waals surface area contributed by atoms with Crippen LogP contribution < -0.4 is 0 Å². The Bertz CT molecular complexity index is 691. The van der Waals surface area contributed by atoms with E-state index in [1.807, 2.05) is 37.3 Å². The Labute approximate surface area is 120 Å². The quantitative estimate of drug-likeness (QED) is 0.872. The second-order valence-electron chi connectivity index (χ2n) is 4.86. The lowest BCUT2D eigenvalue weighted by atomic mass is 9.87. The van der Waals surface area contributed by atoms with Crippen LogP contribution in [0.25, 0.3) is 0 Å². The summed E-state index contributed by atoms with van der Waals surface area (Å²) in [5.74, 6) is 0.123. The molecule has 0 aliphatic carbocycles. The van der Waals surface area contributed by atoms with Gasteiger partial charge < -0.3 is 0 Å². The normalized spacial score (nSPS) is 13.2. The van der Waals surface area contributed by atoms with Crippen molar-refractivity contribution in [3.05, 3.63) is 65.2 Å². The molecule has 2 aromatic rings. The number of aryl methyl sites for hydroxylation is 1. The van der Waals surface area contributed by atoms with Gasteiger partial charge in [-0.15, -0.1) is 0 Å². The molecule has 0 aliphatic rings. The number of rotatable bonds is 4. The summed E-state index contributed by atoms with van der Waals surface area (Å²) in [6.45, 7) is 4.02. The van der Waals surface area contributed by atoms with Crippen LogP contribution in [0.3, 0.4) is 0 Å². The summed E-state index contributed by atoms with van der Waals surface area (Å²) in [6.07, 6.45) is 0.861. The van der Waals surface area contributed by atoms with Gasteiger partial charge in [-0.2, -0.15) is 8.42 Å². The molecule has 0 aliphatic heterocycles. The second-order valence-corrected chi connectivity index (χ2v) is 6.29. The van der Waals surface area contributed by atoms with Crippen molar-refractivity contribution in [1.82, 2.24) is 0 Å². The second kappa shape index (κ2) is 5.77. The third kappa shape index (κ3) is 3.08. The molecule has 0 heterocycles. The van der Waals surface area contributed by atoms with Gasteiger partial charge in [0.2, 0.25) is 0 Å². The average Bonchev–Trinajstić information content (AvgIpc) is 2.41. The van der Waals surface area contributed by atoms with Gasteiger partial charge in [0, 0.05) is 5.92 Å². The molecule has 1 unspecified atom stereocenters. The maximum absolute atomic E-state index is 11.3. The Morgan fingerprint density at radius 1 is 1.10 bits per heavy atom. The van der Waals surface area contributed by atoms with Crippen LogP contribution >= 0.6 is 0 Å². The van der Waals surface area contributed by atoms with Crippen LogP contribution in [0, 0.1) is 6.92 Å². The maximum Gasteiger partial charge on any atom is 0.294 e. The highest BCUT2D eigenvalue weighted by atomic mass is 32.2. The number of benzene rings is 2. The fraction of sp³-hybridized carbons (Fsp3) is 0.250. The molecule has 20 heavy (non-hydrogen) atoms. The molecule has 0 amide bonds. The molecule has 1 N–H and O–H groups in total. The predicted octanol–water partition coefficient (Wildman–Crippen LogP) is 3.78. The highest BCUT2D eigenvalue weighted by Crippen LogP contribution is 2.31. The SMILES string of the molecule is CCC(c1ccccc1)c1cc(S(=O)(=O)O)ccc1C. The standard InChI is InChI=1S/C16H18O3S/c1-3-15(13-7-5-4-6-8-13)16-11-14(20(17,18)19)10-9-12(16)2/h4-11,15H,3H2,1-2H3,(H,17,18,19). The lowest BCUT2D eigenvalue weighted by Crippen LogP contribution is -2.05. The van der Waals surface area contributed by atoms with E-state index in [1.54, 1.807) is 12.1 Å². The van der Waals surface area contributed by atoms with Crippen molar-refractivity contribution in [1.29, 1.82) is 0 Å². The zero-order valence-corrected chi connectivity index (χ0v) is 12.4. The summed E-state index contributed by atoms with van der Waals surface area (Å²) in [6, 6.07) is 14.7. The molecule has 0 fully saturated rings. The Morgan fingerprint density at radius 3 is 2.30 bits per heavy atom. The van der Waals surface area contributed by atoms with Crippen LogP contribution in [0.1, 0.15) is 36.0 Å². The lowest BCUT2D eigenvalue weighted by molar-refractivity contribution is 0.483. The van der Waals surface area contributed by atoms with Crippen molar-refractivity contribution in [3.8, 4) is 0 Å². The third-order valence-corrected chi connectivity index (χ3v) is 4.38. The van der Waals surface area contributed by atoms with Gasteiger partial charge in [0.05, 0.1) is 4.90 Å². The van der Waals surface area contributed by atoms with Crippen LogP contribution in [0.2, 0.25) is 0 Å². The Morgan fingerprint density at radius 2 is 1.75 bits per heavy atom. The van der Waals surface area contributed by atoms with Gasteiger partial charge >= 0.3 is 0 Å². The van der Waals surface area contributed by atoms with Gasteiger partial charge in [0.15, 0.2) is 0 Å². The molecule has 0 radical (unpaired) electrons. The van der Waals surface area contributed by atoms with Crippen LogP contribution in [0.5, 0.6) is 0 Å². The van der Waals surface area contributed by atoms with Gasteiger partial charge in [-0.1, -0.05) is 43.3 Å². The highest BCUT2D eigenvalue weighted by Gasteiger charge is 2.18. The maximum atomic E-state index is 11.3. The summed E-state index contributed by atoms with van der Waals surface area (Å²) in [7, 11) is -4.17. The molecule has 2 aromatic carbocycles. The van der Waals surface area contributed by atoms with Crippen molar-refractivity contribution in [2.24, 2.45) is 0 Å². The van der Waals surface area contributed by atoms with Crippen LogP contribution in [0.15, 0.2) is 53.4 Å². The van der Waals surface area contributed by atoms with Gasteiger partial charge in [0.25, 0.3) is 10.1 Å². The van der Waals surface area contributed by atoms with Gasteiger partial charge in [-0.3, -0.25) is 4.55 Å². The van der Waals surface area contributed by atoms with Crippen molar-refractivity contribution in [2.75, 3.05) is 0 Å². The highest BCUT2D eigenvalue weighted by molar-refractivity contribution is 7.85. The van der Waals surface area contributed by atoms with E-state index >= 15 is 0 Å². The van der Waals surface area contributed by atoms with E-state index in [0.717, 1.165) is 23.1 Å². The van der Waals surface area contributed by atoms with Gasteiger partial charge in [-0.25, -0.2) is 0 Å². The Kier molecular flexibility index (Phi) is 4.26. The van der Waals surface area contributed by atoms with Crippen molar-refractivity contribution < 1.29 is 13.0 Å². The fourth-order valence-electron chi connectivity index (χ4n) is 2.47. The summed E-state index contributed by atoms with van der Waals surface area (Å²) in [5.41, 5.74) is 3.10. The zero-order valence-electron chi connectivity index (χ0n) is 11.6. The molecule has 1 atom stereocenters. The van der Waals surface area contributed by atoms with Gasteiger partial charge in [0.1, 0.15) is 0 Å². The largest absolute Gasteiger partial charge is 0.294 e. The molecule has 4 heteroatoms. The minimum absolute atomic E-state index is 0.0486. The van der Waals surface area contributed by atoms with E-state index in [0.29, 0.717) is 0 Å². The van der Waals surface area contributed by atoms with Gasteiger partial charge in [-0.05, 0) is 42.2 Å². The van der Waals surface area contributed by atoms with Crippen LogP contribution in [-0.4, -0.2) is 13.0 Å². The Balaban J connectivity index is 2.55. The average molecular weight is 290 g/mol. The molecule has 0 bridgehead atoms. The van der Waals surface area contributed by atoms with Crippen LogP contribution in [-0.2, 0) is 10.1 Å². The van der Waals surface area contributed by atoms with Crippen LogP contribution in [0.4, 0.5) is 0 Å². The Hall–Kier alpha value is -1.65. The van der Waals surface area contributed by atoms with Crippen molar-refractivity contribution in [2.45, 2.75) is 31.1 Å². The first-order chi connectivity index (χ1) is 9.43. The summed E-state index contributed by atoms with van der Waals surface area (Å²) in [4.78, 5) is -0.0486. The molecular weight excluding hydrogens is 272 g/mol. The number of hydrogen-bond acceptors (Lipinski definition) is 2. The van der Waals surface area contributed by atoms with E-state index < -0.39 is 10.1 Å². The molecule has 0 saturated carbocycles. The molecule has 0 saturated heterocycles. The van der Waals surface area contributed by atoms with E-state index in [1.165, 1.54) is 6.07 Å². The molecule has 0 aromatic heterocycles. The topological polar surface area (TPSA) is 54.4 Å². The minimum Gasteiger partial charge on any atom is -0.282 e. The van der Waals surface area contributed by atoms with Crippen molar-refractivity contribution in [3.63, 3.8) is 0 Å². The van der Waals surface area contributed by atoms with E-state index in [4.69, 9.17) is 0 Å². The summed E-state index contributed by atoms with van der Waals surface area (Å²) < 4.78 is 31.8. The predicted molar refractivity (Wildman–Crippen MR) is 79.6 cm³/mol. The molecule has 2 rings (SSSR count). The first-order valence-electron chi connectivity index (χ1n) is 6.56. The molecular formula is C16H18O3S. The third-order valence-electron chi connectivity index (χ3n) is 3.53. The fourth-order valence-corrected chi connectivity index (χ4v) is 2.99. The molecule has 3 nitrogen and oxygen atoms in total. The number of hydrogen-bond donors (Lipinski definition) is 1. The van der Waals surface area contributed by atoms with Crippen molar-refractivity contribution >= 4 is 10.1 Å². The monoisotopic (exact) mass is 290 g/mol. The molecule has 0 spiro atoms. The smallest absolute Gasteiger partial charge is 0.282 e. The first kappa shape index (κ1) is 14.8.